The minimum absolute atomic E-state index is 0.196. The van der Waals surface area contributed by atoms with Gasteiger partial charge in [0.25, 0.3) is 5.91 Å². The molecule has 28 heavy (non-hydrogen) atoms. The molecule has 0 atom stereocenters. The number of hydrogen-bond donors (Lipinski definition) is 1. The van der Waals surface area contributed by atoms with Crippen molar-refractivity contribution in [2.24, 2.45) is 0 Å². The lowest BCUT2D eigenvalue weighted by atomic mass is 10.1. The molecule has 9 heteroatoms. The van der Waals surface area contributed by atoms with Gasteiger partial charge in [-0.2, -0.15) is 10.2 Å². The summed E-state index contributed by atoms with van der Waals surface area (Å²) in [5.41, 5.74) is 3.14. The highest BCUT2D eigenvalue weighted by Crippen LogP contribution is 2.26. The van der Waals surface area contributed by atoms with Crippen molar-refractivity contribution in [2.75, 3.05) is 0 Å². The second-order valence-corrected chi connectivity index (χ2v) is 7.55. The molecule has 0 bridgehead atoms. The summed E-state index contributed by atoms with van der Waals surface area (Å²) in [4.78, 5) is 12.4. The first-order valence-corrected chi connectivity index (χ1v) is 9.97. The Bertz CT molecular complexity index is 975. The second-order valence-electron chi connectivity index (χ2n) is 6.32. The minimum Gasteiger partial charge on any atom is -0.471 e. The Hall–Kier alpha value is -2.32. The number of halogens is 2. The van der Waals surface area contributed by atoms with Crippen LogP contribution in [-0.2, 0) is 19.8 Å². The largest absolute Gasteiger partial charge is 0.471 e. The maximum absolute atomic E-state index is 12.4. The number of nitrogens with one attached hydrogen (secondary N) is 1. The fourth-order valence-electron chi connectivity index (χ4n) is 2.78. The molecule has 0 unspecified atom stereocenters. The third kappa shape index (κ3) is 4.56. The van der Waals surface area contributed by atoms with E-state index in [4.69, 9.17) is 16.3 Å². The lowest BCUT2D eigenvalue weighted by Crippen LogP contribution is -2.25. The predicted octanol–water partition coefficient (Wildman–Crippen LogP) is 4.10. The first kappa shape index (κ1) is 20.4. The van der Waals surface area contributed by atoms with E-state index in [0.717, 1.165) is 32.9 Å². The fourth-order valence-corrected chi connectivity index (χ4v) is 3.32. The molecule has 1 N–H and O–H groups in total. The Morgan fingerprint density at radius 2 is 2.04 bits per heavy atom. The van der Waals surface area contributed by atoms with E-state index in [-0.39, 0.29) is 12.6 Å². The van der Waals surface area contributed by atoms with Gasteiger partial charge >= 0.3 is 0 Å². The molecule has 148 valence electrons. The molecule has 3 rings (SSSR count). The Kier molecular flexibility index (Phi) is 6.41. The average molecular weight is 467 g/mol. The van der Waals surface area contributed by atoms with Crippen molar-refractivity contribution in [2.45, 2.75) is 40.6 Å². The highest BCUT2D eigenvalue weighted by atomic mass is 79.9. The van der Waals surface area contributed by atoms with Crippen LogP contribution in [0, 0.1) is 13.8 Å². The van der Waals surface area contributed by atoms with E-state index >= 15 is 0 Å². The molecule has 7 nitrogen and oxygen atoms in total. The van der Waals surface area contributed by atoms with Crippen LogP contribution in [0.15, 0.2) is 35.1 Å². The summed E-state index contributed by atoms with van der Waals surface area (Å²) in [5, 5.41) is 12.1. The van der Waals surface area contributed by atoms with Crippen LogP contribution >= 0.6 is 27.5 Å². The van der Waals surface area contributed by atoms with Crippen molar-refractivity contribution in [3.8, 4) is 5.75 Å². The molecule has 0 saturated heterocycles. The van der Waals surface area contributed by atoms with Gasteiger partial charge in [0.1, 0.15) is 11.4 Å². The lowest BCUT2D eigenvalue weighted by molar-refractivity contribution is 0.0942. The van der Waals surface area contributed by atoms with Crippen LogP contribution in [-0.4, -0.2) is 25.5 Å². The third-order valence-corrected chi connectivity index (χ3v) is 5.52. The van der Waals surface area contributed by atoms with Crippen LogP contribution in [0.25, 0.3) is 0 Å². The molecule has 1 amide bonds. The SMILES string of the molecule is CCn1ncc(Br)c1CNC(=O)c1ccn(COc2cc(C)c(Cl)c(C)c2)n1. The summed E-state index contributed by atoms with van der Waals surface area (Å²) in [7, 11) is 0. The van der Waals surface area contributed by atoms with Crippen molar-refractivity contribution in [3.05, 3.63) is 62.6 Å². The number of hydrogen-bond acceptors (Lipinski definition) is 4. The Balaban J connectivity index is 1.59. The Labute approximate surface area is 176 Å². The first-order chi connectivity index (χ1) is 13.4. The highest BCUT2D eigenvalue weighted by molar-refractivity contribution is 9.10. The zero-order chi connectivity index (χ0) is 20.3. The normalized spacial score (nSPS) is 10.9. The molecule has 2 heterocycles. The molecule has 2 aromatic heterocycles. The van der Waals surface area contributed by atoms with Gasteiger partial charge in [-0.05, 0) is 66.0 Å². The first-order valence-electron chi connectivity index (χ1n) is 8.80. The minimum atomic E-state index is -0.257. The van der Waals surface area contributed by atoms with Crippen LogP contribution < -0.4 is 10.1 Å². The van der Waals surface area contributed by atoms with Crippen molar-refractivity contribution in [1.29, 1.82) is 0 Å². The second kappa shape index (κ2) is 8.79. The number of aromatic nitrogens is 4. The van der Waals surface area contributed by atoms with Gasteiger partial charge in [-0.1, -0.05) is 11.6 Å². The van der Waals surface area contributed by atoms with Gasteiger partial charge in [0.15, 0.2) is 6.73 Å². The Morgan fingerprint density at radius 3 is 2.71 bits per heavy atom. The molecule has 0 spiro atoms. The summed E-state index contributed by atoms with van der Waals surface area (Å²) in [6.45, 7) is 7.15. The van der Waals surface area contributed by atoms with E-state index in [9.17, 15) is 4.79 Å². The third-order valence-electron chi connectivity index (χ3n) is 4.26. The zero-order valence-electron chi connectivity index (χ0n) is 15.9. The van der Waals surface area contributed by atoms with Crippen LogP contribution in [0.1, 0.15) is 34.2 Å². The standard InChI is InChI=1S/C19H21BrClN5O2/c1-4-26-17(15(20)9-23-26)10-22-19(27)16-5-6-25(24-16)11-28-14-7-12(2)18(21)13(3)8-14/h5-9H,4,10-11H2,1-3H3,(H,22,27). The van der Waals surface area contributed by atoms with Gasteiger partial charge in [0.05, 0.1) is 22.9 Å². The average Bonchev–Trinajstić information content (AvgIpc) is 3.29. The van der Waals surface area contributed by atoms with Crippen LogP contribution in [0.4, 0.5) is 0 Å². The van der Waals surface area contributed by atoms with E-state index in [1.54, 1.807) is 23.1 Å². The maximum Gasteiger partial charge on any atom is 0.272 e. The lowest BCUT2D eigenvalue weighted by Gasteiger charge is -2.10. The van der Waals surface area contributed by atoms with Gasteiger partial charge in [0, 0.05) is 17.8 Å². The molecular formula is C19H21BrClN5O2. The summed E-state index contributed by atoms with van der Waals surface area (Å²) in [6, 6.07) is 5.41. The molecule has 0 saturated carbocycles. The van der Waals surface area contributed by atoms with Crippen molar-refractivity contribution < 1.29 is 9.53 Å². The van der Waals surface area contributed by atoms with E-state index in [2.05, 4.69) is 31.4 Å². The van der Waals surface area contributed by atoms with Crippen molar-refractivity contribution in [3.63, 3.8) is 0 Å². The Morgan fingerprint density at radius 1 is 1.32 bits per heavy atom. The molecule has 0 aliphatic heterocycles. The number of nitrogens with zero attached hydrogens (tertiary/aromatic N) is 4. The summed E-state index contributed by atoms with van der Waals surface area (Å²) in [6.07, 6.45) is 3.42. The number of rotatable bonds is 7. The molecule has 0 aliphatic carbocycles. The number of amides is 1. The van der Waals surface area contributed by atoms with E-state index < -0.39 is 0 Å². The summed E-state index contributed by atoms with van der Waals surface area (Å²) < 4.78 is 10.0. The number of carbonyl (C=O) groups excluding carboxylic acids is 1. The number of aryl methyl sites for hydroxylation is 3. The van der Waals surface area contributed by atoms with Gasteiger partial charge in [-0.15, -0.1) is 0 Å². The smallest absolute Gasteiger partial charge is 0.272 e. The summed E-state index contributed by atoms with van der Waals surface area (Å²) in [5.74, 6) is 0.450. The quantitative estimate of drug-likeness (QED) is 0.569. The molecule has 0 radical (unpaired) electrons. The monoisotopic (exact) mass is 465 g/mol. The van der Waals surface area contributed by atoms with Gasteiger partial charge in [-0.25, -0.2) is 4.68 Å². The molecule has 3 aromatic rings. The van der Waals surface area contributed by atoms with Crippen LogP contribution in [0.5, 0.6) is 5.75 Å². The van der Waals surface area contributed by atoms with Crippen LogP contribution in [0.2, 0.25) is 5.02 Å². The van der Waals surface area contributed by atoms with Crippen LogP contribution in [0.3, 0.4) is 0 Å². The number of benzene rings is 1. The van der Waals surface area contributed by atoms with E-state index in [1.165, 1.54) is 0 Å². The predicted molar refractivity (Wildman–Crippen MR) is 111 cm³/mol. The molecule has 0 fully saturated rings. The zero-order valence-corrected chi connectivity index (χ0v) is 18.2. The topological polar surface area (TPSA) is 74.0 Å². The van der Waals surface area contributed by atoms with E-state index in [1.807, 2.05) is 37.6 Å². The van der Waals surface area contributed by atoms with Gasteiger partial charge in [-0.3, -0.25) is 9.48 Å². The number of ether oxygens (including phenoxy) is 1. The number of carbonyl (C=O) groups is 1. The highest BCUT2D eigenvalue weighted by Gasteiger charge is 2.13. The molecule has 0 aliphatic rings. The maximum atomic E-state index is 12.4. The van der Waals surface area contributed by atoms with Crippen molar-refractivity contribution >= 4 is 33.4 Å². The molecule has 1 aromatic carbocycles. The van der Waals surface area contributed by atoms with Gasteiger partial charge in [0.2, 0.25) is 0 Å². The van der Waals surface area contributed by atoms with Crippen molar-refractivity contribution in [1.82, 2.24) is 24.9 Å². The van der Waals surface area contributed by atoms with E-state index in [0.29, 0.717) is 18.0 Å². The molecular weight excluding hydrogens is 446 g/mol. The fraction of sp³-hybridized carbons (Fsp3) is 0.316. The summed E-state index contributed by atoms with van der Waals surface area (Å²) >= 11 is 9.62. The van der Waals surface area contributed by atoms with Gasteiger partial charge < -0.3 is 10.1 Å².